The largest absolute Gasteiger partial charge is 0.399 e. The number of aryl methyl sites for hydroxylation is 1. The van der Waals surface area contributed by atoms with Gasteiger partial charge >= 0.3 is 0 Å². The summed E-state index contributed by atoms with van der Waals surface area (Å²) in [5.41, 5.74) is 8.03. The molecule has 14 heavy (non-hydrogen) atoms. The van der Waals surface area contributed by atoms with Gasteiger partial charge in [0.1, 0.15) is 0 Å². The number of hydrogen-bond donors (Lipinski definition) is 2. The van der Waals surface area contributed by atoms with Crippen LogP contribution in [0, 0.1) is 0 Å². The Kier molecular flexibility index (Phi) is 3.65. The van der Waals surface area contributed by atoms with Crippen LogP contribution in [0.15, 0.2) is 18.2 Å². The molecule has 0 atom stereocenters. The second kappa shape index (κ2) is 4.77. The van der Waals surface area contributed by atoms with Gasteiger partial charge in [-0.3, -0.25) is 4.79 Å². The Labute approximate surface area is 83.6 Å². The van der Waals surface area contributed by atoms with Gasteiger partial charge < -0.3 is 10.8 Å². The van der Waals surface area contributed by atoms with Gasteiger partial charge in [0.2, 0.25) is 0 Å². The molecule has 1 aromatic rings. The van der Waals surface area contributed by atoms with Crippen LogP contribution in [0.2, 0.25) is 0 Å². The minimum absolute atomic E-state index is 0.0373. The van der Waals surface area contributed by atoms with Crippen LogP contribution in [0.4, 0.5) is 5.69 Å². The molecule has 0 fully saturated rings. The monoisotopic (exact) mass is 193 g/mol. The number of rotatable bonds is 4. The Balaban J connectivity index is 2.90. The standard InChI is InChI=1S/C11H15NO2/c1-8(14)9-4-5-11(12)10(7-9)3-2-6-13/h4-5,7,13H,2-3,6,12H2,1H3. The number of nitrogen functional groups attached to an aromatic ring is 1. The van der Waals surface area contributed by atoms with E-state index in [1.54, 1.807) is 18.2 Å². The number of nitrogens with two attached hydrogens (primary N) is 1. The number of Topliss-reactive ketones (excluding diaryl/α,β-unsaturated/α-hetero) is 1. The fraction of sp³-hybridized carbons (Fsp3) is 0.364. The zero-order chi connectivity index (χ0) is 10.6. The minimum Gasteiger partial charge on any atom is -0.399 e. The van der Waals surface area contributed by atoms with Crippen molar-refractivity contribution in [1.29, 1.82) is 0 Å². The SMILES string of the molecule is CC(=O)c1ccc(N)c(CCCO)c1. The van der Waals surface area contributed by atoms with E-state index < -0.39 is 0 Å². The molecule has 0 aliphatic heterocycles. The topological polar surface area (TPSA) is 63.3 Å². The average Bonchev–Trinajstić information content (AvgIpc) is 2.16. The lowest BCUT2D eigenvalue weighted by molar-refractivity contribution is 0.101. The molecule has 1 rings (SSSR count). The van der Waals surface area contributed by atoms with E-state index in [1.807, 2.05) is 0 Å². The highest BCUT2D eigenvalue weighted by molar-refractivity contribution is 5.94. The molecule has 3 N–H and O–H groups in total. The van der Waals surface area contributed by atoms with Crippen LogP contribution in [0.1, 0.15) is 29.3 Å². The Morgan fingerprint density at radius 2 is 2.21 bits per heavy atom. The maximum absolute atomic E-state index is 11.1. The molecule has 0 saturated carbocycles. The number of hydrogen-bond acceptors (Lipinski definition) is 3. The second-order valence-electron chi connectivity index (χ2n) is 3.30. The van der Waals surface area contributed by atoms with Crippen molar-refractivity contribution in [2.24, 2.45) is 0 Å². The number of aliphatic hydroxyl groups is 1. The van der Waals surface area contributed by atoms with E-state index in [2.05, 4.69) is 0 Å². The summed E-state index contributed by atoms with van der Waals surface area (Å²) in [5.74, 6) is 0.0373. The van der Waals surface area contributed by atoms with Crippen LogP contribution in [0.5, 0.6) is 0 Å². The number of ketones is 1. The summed E-state index contributed by atoms with van der Waals surface area (Å²) in [6.45, 7) is 1.67. The Morgan fingerprint density at radius 1 is 1.50 bits per heavy atom. The molecule has 0 spiro atoms. The van der Waals surface area contributed by atoms with Crippen LogP contribution in [-0.2, 0) is 6.42 Å². The first-order valence-electron chi connectivity index (χ1n) is 4.65. The highest BCUT2D eigenvalue weighted by atomic mass is 16.2. The molecular weight excluding hydrogens is 178 g/mol. The second-order valence-corrected chi connectivity index (χ2v) is 3.30. The lowest BCUT2D eigenvalue weighted by Crippen LogP contribution is -2.00. The van der Waals surface area contributed by atoms with Crippen molar-refractivity contribution < 1.29 is 9.90 Å². The van der Waals surface area contributed by atoms with E-state index in [-0.39, 0.29) is 12.4 Å². The molecule has 0 amide bonds. The van der Waals surface area contributed by atoms with Crippen molar-refractivity contribution in [3.63, 3.8) is 0 Å². The maximum atomic E-state index is 11.1. The third-order valence-corrected chi connectivity index (χ3v) is 2.15. The first kappa shape index (κ1) is 10.7. The molecule has 0 unspecified atom stereocenters. The van der Waals surface area contributed by atoms with Crippen LogP contribution >= 0.6 is 0 Å². The Bertz CT molecular complexity index is 334. The normalized spacial score (nSPS) is 10.1. The summed E-state index contributed by atoms with van der Waals surface area (Å²) in [5, 5.41) is 8.69. The van der Waals surface area contributed by atoms with E-state index in [0.29, 0.717) is 24.1 Å². The van der Waals surface area contributed by atoms with Crippen molar-refractivity contribution in [2.75, 3.05) is 12.3 Å². The fourth-order valence-electron chi connectivity index (χ4n) is 1.31. The predicted octanol–water partition coefficient (Wildman–Crippen LogP) is 1.40. The van der Waals surface area contributed by atoms with Gasteiger partial charge in [-0.2, -0.15) is 0 Å². The average molecular weight is 193 g/mol. The van der Waals surface area contributed by atoms with Gasteiger partial charge in [0, 0.05) is 17.9 Å². The van der Waals surface area contributed by atoms with E-state index in [1.165, 1.54) is 6.92 Å². The van der Waals surface area contributed by atoms with Crippen LogP contribution in [0.25, 0.3) is 0 Å². The summed E-state index contributed by atoms with van der Waals surface area (Å²) in [6.07, 6.45) is 1.38. The summed E-state index contributed by atoms with van der Waals surface area (Å²) in [7, 11) is 0. The van der Waals surface area contributed by atoms with Gasteiger partial charge in [-0.05, 0) is 43.5 Å². The lowest BCUT2D eigenvalue weighted by atomic mass is 10.0. The summed E-state index contributed by atoms with van der Waals surface area (Å²) in [4.78, 5) is 11.1. The quantitative estimate of drug-likeness (QED) is 0.561. The number of carbonyl (C=O) groups is 1. The molecule has 0 saturated heterocycles. The Morgan fingerprint density at radius 3 is 2.79 bits per heavy atom. The number of aliphatic hydroxyl groups excluding tert-OH is 1. The molecule has 0 bridgehead atoms. The first-order chi connectivity index (χ1) is 6.65. The summed E-state index contributed by atoms with van der Waals surface area (Å²) < 4.78 is 0. The maximum Gasteiger partial charge on any atom is 0.159 e. The highest BCUT2D eigenvalue weighted by Crippen LogP contribution is 2.16. The van der Waals surface area contributed by atoms with Crippen LogP contribution in [0.3, 0.4) is 0 Å². The predicted molar refractivity (Wildman–Crippen MR) is 56.3 cm³/mol. The van der Waals surface area contributed by atoms with Crippen LogP contribution < -0.4 is 5.73 Å². The Hall–Kier alpha value is -1.35. The van der Waals surface area contributed by atoms with E-state index in [0.717, 1.165) is 5.56 Å². The molecule has 3 heteroatoms. The third kappa shape index (κ3) is 2.57. The van der Waals surface area contributed by atoms with Crippen molar-refractivity contribution >= 4 is 11.5 Å². The minimum atomic E-state index is 0.0373. The fourth-order valence-corrected chi connectivity index (χ4v) is 1.31. The molecule has 0 heterocycles. The van der Waals surface area contributed by atoms with Gasteiger partial charge in [-0.25, -0.2) is 0 Å². The molecule has 0 aliphatic carbocycles. The van der Waals surface area contributed by atoms with Gasteiger partial charge in [0.25, 0.3) is 0 Å². The van der Waals surface area contributed by atoms with Gasteiger partial charge in [0.05, 0.1) is 0 Å². The van der Waals surface area contributed by atoms with Crippen molar-refractivity contribution in [1.82, 2.24) is 0 Å². The van der Waals surface area contributed by atoms with Crippen molar-refractivity contribution in [3.05, 3.63) is 29.3 Å². The van der Waals surface area contributed by atoms with Gasteiger partial charge in [-0.15, -0.1) is 0 Å². The summed E-state index contributed by atoms with van der Waals surface area (Å²) >= 11 is 0. The molecule has 0 aliphatic rings. The van der Waals surface area contributed by atoms with E-state index in [9.17, 15) is 4.79 Å². The number of anilines is 1. The van der Waals surface area contributed by atoms with Crippen LogP contribution in [-0.4, -0.2) is 17.5 Å². The van der Waals surface area contributed by atoms with E-state index >= 15 is 0 Å². The number of benzene rings is 1. The number of carbonyl (C=O) groups excluding carboxylic acids is 1. The molecule has 76 valence electrons. The first-order valence-corrected chi connectivity index (χ1v) is 4.65. The summed E-state index contributed by atoms with van der Waals surface area (Å²) in [6, 6.07) is 5.26. The molecular formula is C11H15NO2. The zero-order valence-corrected chi connectivity index (χ0v) is 8.29. The van der Waals surface area contributed by atoms with Crippen molar-refractivity contribution in [2.45, 2.75) is 19.8 Å². The van der Waals surface area contributed by atoms with Gasteiger partial charge in [0.15, 0.2) is 5.78 Å². The van der Waals surface area contributed by atoms with Gasteiger partial charge in [-0.1, -0.05) is 0 Å². The third-order valence-electron chi connectivity index (χ3n) is 2.15. The molecule has 0 radical (unpaired) electrons. The highest BCUT2D eigenvalue weighted by Gasteiger charge is 2.03. The van der Waals surface area contributed by atoms with Crippen molar-refractivity contribution in [3.8, 4) is 0 Å². The zero-order valence-electron chi connectivity index (χ0n) is 8.29. The molecule has 3 nitrogen and oxygen atoms in total. The molecule has 0 aromatic heterocycles. The van der Waals surface area contributed by atoms with E-state index in [4.69, 9.17) is 10.8 Å². The lowest BCUT2D eigenvalue weighted by Gasteiger charge is -2.06. The smallest absolute Gasteiger partial charge is 0.159 e. The molecule has 1 aromatic carbocycles.